The molecule has 0 spiro atoms. The molecule has 0 fully saturated rings. The fraction of sp³-hybridized carbons (Fsp3) is 0.818. The molecular weight excluding hydrogens is 240 g/mol. The molecule has 5 nitrogen and oxygen atoms in total. The molecule has 1 amide bonds. The van der Waals surface area contributed by atoms with Crippen LogP contribution in [-0.2, 0) is 14.3 Å². The smallest absolute Gasteiger partial charge is 0.323 e. The molecular formula is C11H22N2O3S. The van der Waals surface area contributed by atoms with Crippen molar-refractivity contribution in [2.45, 2.75) is 38.5 Å². The first-order valence-corrected chi connectivity index (χ1v) is 6.89. The molecule has 0 rings (SSSR count). The van der Waals surface area contributed by atoms with Crippen molar-refractivity contribution < 1.29 is 14.3 Å². The van der Waals surface area contributed by atoms with Gasteiger partial charge < -0.3 is 15.8 Å². The third-order valence-electron chi connectivity index (χ3n) is 2.03. The number of rotatable bonds is 8. The molecule has 3 N–H and O–H groups in total. The van der Waals surface area contributed by atoms with E-state index in [4.69, 9.17) is 10.5 Å². The van der Waals surface area contributed by atoms with Crippen LogP contribution in [0.1, 0.15) is 27.2 Å². The van der Waals surface area contributed by atoms with Crippen LogP contribution >= 0.6 is 11.8 Å². The Kier molecular flexibility index (Phi) is 8.89. The summed E-state index contributed by atoms with van der Waals surface area (Å²) in [6.45, 7) is 6.53. The van der Waals surface area contributed by atoms with Gasteiger partial charge in [-0.3, -0.25) is 9.59 Å². The van der Waals surface area contributed by atoms with Gasteiger partial charge in [0.05, 0.1) is 11.9 Å². The lowest BCUT2D eigenvalue weighted by molar-refractivity contribution is -0.144. The van der Waals surface area contributed by atoms with Crippen LogP contribution in [0.25, 0.3) is 0 Å². The lowest BCUT2D eigenvalue weighted by atomic mass is 10.4. The minimum atomic E-state index is -0.665. The van der Waals surface area contributed by atoms with Crippen LogP contribution in [0.3, 0.4) is 0 Å². The number of esters is 1. The number of nitrogens with one attached hydrogen (secondary N) is 1. The van der Waals surface area contributed by atoms with Crippen LogP contribution in [0.4, 0.5) is 0 Å². The zero-order chi connectivity index (χ0) is 13.3. The summed E-state index contributed by atoms with van der Waals surface area (Å²) < 4.78 is 4.78. The molecule has 17 heavy (non-hydrogen) atoms. The minimum Gasteiger partial charge on any atom is -0.465 e. The SMILES string of the molecule is CCCNC(=O)C(C)SCC(N)C(=O)OCC. The Morgan fingerprint density at radius 3 is 2.59 bits per heavy atom. The molecule has 0 aliphatic rings. The number of amides is 1. The molecule has 2 atom stereocenters. The van der Waals surface area contributed by atoms with Gasteiger partial charge in [-0.2, -0.15) is 0 Å². The summed E-state index contributed by atoms with van der Waals surface area (Å²) >= 11 is 1.36. The molecule has 0 saturated carbocycles. The number of hydrogen-bond donors (Lipinski definition) is 2. The third-order valence-corrected chi connectivity index (χ3v) is 3.30. The van der Waals surface area contributed by atoms with Crippen molar-refractivity contribution in [1.82, 2.24) is 5.32 Å². The summed E-state index contributed by atoms with van der Waals surface area (Å²) in [6, 6.07) is -0.665. The highest BCUT2D eigenvalue weighted by Gasteiger charge is 2.19. The average Bonchev–Trinajstić information content (AvgIpc) is 2.32. The fourth-order valence-corrected chi connectivity index (χ4v) is 1.90. The minimum absolute atomic E-state index is 0.0205. The van der Waals surface area contributed by atoms with E-state index in [2.05, 4.69) is 5.32 Å². The van der Waals surface area contributed by atoms with Crippen molar-refractivity contribution in [3.63, 3.8) is 0 Å². The molecule has 0 radical (unpaired) electrons. The second kappa shape index (κ2) is 9.30. The second-order valence-corrected chi connectivity index (χ2v) is 5.00. The van der Waals surface area contributed by atoms with Crippen molar-refractivity contribution >= 4 is 23.6 Å². The quantitative estimate of drug-likeness (QED) is 0.623. The Morgan fingerprint density at radius 2 is 2.06 bits per heavy atom. The number of carbonyl (C=O) groups excluding carboxylic acids is 2. The van der Waals surface area contributed by atoms with Crippen molar-refractivity contribution in [2.24, 2.45) is 5.73 Å². The molecule has 0 aliphatic heterocycles. The van der Waals surface area contributed by atoms with Crippen LogP contribution in [-0.4, -0.2) is 42.1 Å². The van der Waals surface area contributed by atoms with Gasteiger partial charge in [-0.15, -0.1) is 11.8 Å². The molecule has 0 aliphatic carbocycles. The number of carbonyl (C=O) groups is 2. The van der Waals surface area contributed by atoms with E-state index in [1.54, 1.807) is 13.8 Å². The van der Waals surface area contributed by atoms with Gasteiger partial charge in [0.25, 0.3) is 0 Å². The summed E-state index contributed by atoms with van der Waals surface area (Å²) in [4.78, 5) is 22.8. The monoisotopic (exact) mass is 262 g/mol. The predicted molar refractivity (Wildman–Crippen MR) is 69.8 cm³/mol. The molecule has 0 saturated heterocycles. The molecule has 0 bridgehead atoms. The van der Waals surface area contributed by atoms with Crippen LogP contribution in [0, 0.1) is 0 Å². The normalized spacial score (nSPS) is 13.9. The first-order valence-electron chi connectivity index (χ1n) is 5.84. The number of hydrogen-bond acceptors (Lipinski definition) is 5. The van der Waals surface area contributed by atoms with E-state index >= 15 is 0 Å². The van der Waals surface area contributed by atoms with E-state index in [0.29, 0.717) is 18.9 Å². The Morgan fingerprint density at radius 1 is 1.41 bits per heavy atom. The summed E-state index contributed by atoms with van der Waals surface area (Å²) in [5.41, 5.74) is 5.62. The third kappa shape index (κ3) is 7.23. The standard InChI is InChI=1S/C11H22N2O3S/c1-4-6-13-10(14)8(3)17-7-9(12)11(15)16-5-2/h8-9H,4-7,12H2,1-3H3,(H,13,14). The molecule has 0 heterocycles. The van der Waals surface area contributed by atoms with E-state index in [1.807, 2.05) is 6.92 Å². The largest absolute Gasteiger partial charge is 0.465 e. The van der Waals surface area contributed by atoms with Gasteiger partial charge in [0.2, 0.25) is 5.91 Å². The second-order valence-electron chi connectivity index (χ2n) is 3.63. The molecule has 0 aromatic rings. The summed E-state index contributed by atoms with van der Waals surface area (Å²) in [5.74, 6) is -0.0476. The van der Waals surface area contributed by atoms with Crippen LogP contribution < -0.4 is 11.1 Å². The number of nitrogens with two attached hydrogens (primary N) is 1. The van der Waals surface area contributed by atoms with Crippen LogP contribution in [0.5, 0.6) is 0 Å². The summed E-state index contributed by atoms with van der Waals surface area (Å²) in [7, 11) is 0. The van der Waals surface area contributed by atoms with E-state index in [-0.39, 0.29) is 11.2 Å². The lowest BCUT2D eigenvalue weighted by Crippen LogP contribution is -2.37. The van der Waals surface area contributed by atoms with Gasteiger partial charge in [-0.05, 0) is 20.3 Å². The zero-order valence-corrected chi connectivity index (χ0v) is 11.5. The first-order chi connectivity index (χ1) is 8.02. The van der Waals surface area contributed by atoms with Crippen LogP contribution in [0.2, 0.25) is 0 Å². The van der Waals surface area contributed by atoms with Crippen LogP contribution in [0.15, 0.2) is 0 Å². The van der Waals surface area contributed by atoms with E-state index < -0.39 is 12.0 Å². The van der Waals surface area contributed by atoms with E-state index in [1.165, 1.54) is 11.8 Å². The fourth-order valence-electron chi connectivity index (χ4n) is 1.03. The van der Waals surface area contributed by atoms with Crippen molar-refractivity contribution in [1.29, 1.82) is 0 Å². The van der Waals surface area contributed by atoms with Gasteiger partial charge in [0, 0.05) is 12.3 Å². The Labute approximate surface area is 107 Å². The number of ether oxygens (including phenoxy) is 1. The van der Waals surface area contributed by atoms with Gasteiger partial charge >= 0.3 is 5.97 Å². The maximum atomic E-state index is 11.5. The van der Waals surface area contributed by atoms with Crippen molar-refractivity contribution in [3.8, 4) is 0 Å². The highest BCUT2D eigenvalue weighted by atomic mass is 32.2. The number of thioether (sulfide) groups is 1. The Bertz CT molecular complexity index is 249. The van der Waals surface area contributed by atoms with Gasteiger partial charge in [0.15, 0.2) is 0 Å². The summed E-state index contributed by atoms with van der Waals surface area (Å²) in [6.07, 6.45) is 0.908. The van der Waals surface area contributed by atoms with Crippen molar-refractivity contribution in [2.75, 3.05) is 18.9 Å². The zero-order valence-electron chi connectivity index (χ0n) is 10.7. The highest BCUT2D eigenvalue weighted by Crippen LogP contribution is 2.11. The molecule has 0 aromatic heterocycles. The molecule has 0 aromatic carbocycles. The molecule has 2 unspecified atom stereocenters. The Balaban J connectivity index is 3.85. The maximum Gasteiger partial charge on any atom is 0.323 e. The van der Waals surface area contributed by atoms with Gasteiger partial charge in [-0.1, -0.05) is 6.92 Å². The predicted octanol–water partition coefficient (Wildman–Crippen LogP) is 0.525. The lowest BCUT2D eigenvalue weighted by Gasteiger charge is -2.14. The van der Waals surface area contributed by atoms with Crippen molar-refractivity contribution in [3.05, 3.63) is 0 Å². The van der Waals surface area contributed by atoms with E-state index in [9.17, 15) is 9.59 Å². The van der Waals surface area contributed by atoms with E-state index in [0.717, 1.165) is 6.42 Å². The highest BCUT2D eigenvalue weighted by molar-refractivity contribution is 8.00. The summed E-state index contributed by atoms with van der Waals surface area (Å²) in [5, 5.41) is 2.59. The van der Waals surface area contributed by atoms with Gasteiger partial charge in [0.1, 0.15) is 6.04 Å². The van der Waals surface area contributed by atoms with Gasteiger partial charge in [-0.25, -0.2) is 0 Å². The topological polar surface area (TPSA) is 81.4 Å². The first kappa shape index (κ1) is 16.2. The maximum absolute atomic E-state index is 11.5. The molecule has 100 valence electrons. The average molecular weight is 262 g/mol. The Hall–Kier alpha value is -0.750. The molecule has 6 heteroatoms.